The second-order valence-electron chi connectivity index (χ2n) is 12.3. The van der Waals surface area contributed by atoms with Gasteiger partial charge >= 0.3 is 0 Å². The summed E-state index contributed by atoms with van der Waals surface area (Å²) in [7, 11) is 0. The smallest absolute Gasteiger partial charge is 0.0889 e. The molecular weight excluding hydrogens is 609 g/mol. The van der Waals surface area contributed by atoms with Crippen molar-refractivity contribution in [3.8, 4) is 0 Å². The van der Waals surface area contributed by atoms with Crippen LogP contribution in [0.15, 0.2) is 182 Å². The van der Waals surface area contributed by atoms with E-state index in [9.17, 15) is 0 Å². The molecule has 0 atom stereocenters. The van der Waals surface area contributed by atoms with Crippen LogP contribution in [-0.4, -0.2) is 19.9 Å². The Morgan fingerprint density at radius 3 is 0.660 bits per heavy atom. The largest absolute Gasteiger partial charge is 0.251 e. The fourth-order valence-electron chi connectivity index (χ4n) is 6.02. The highest BCUT2D eigenvalue weighted by Crippen LogP contribution is 2.17. The third-order valence-corrected chi connectivity index (χ3v) is 8.40. The minimum Gasteiger partial charge on any atom is -0.251 e. The fourth-order valence-corrected chi connectivity index (χ4v) is 6.02. The van der Waals surface area contributed by atoms with Crippen molar-refractivity contribution in [2.45, 2.75) is 25.7 Å². The molecule has 0 fully saturated rings. The van der Waals surface area contributed by atoms with Gasteiger partial charge in [-0.15, -0.1) is 0 Å². The second-order valence-corrected chi connectivity index (χ2v) is 12.3. The molecule has 0 spiro atoms. The van der Waals surface area contributed by atoms with Crippen molar-refractivity contribution in [1.82, 2.24) is 19.9 Å². The fraction of sp³-hybridized carbons (Fsp3) is 0.0870. The Hall–Kier alpha value is -6.26. The van der Waals surface area contributed by atoms with Gasteiger partial charge in [-0.2, -0.15) is 0 Å². The van der Waals surface area contributed by atoms with Gasteiger partial charge in [-0.25, -0.2) is 0 Å². The molecule has 0 aliphatic heterocycles. The maximum atomic E-state index is 5.33. The maximum absolute atomic E-state index is 5.33. The molecule has 1 aromatic heterocycles. The van der Waals surface area contributed by atoms with Gasteiger partial charge in [0.2, 0.25) is 0 Å². The van der Waals surface area contributed by atoms with E-state index in [1.54, 1.807) is 0 Å². The molecule has 0 saturated heterocycles. The van der Waals surface area contributed by atoms with Crippen LogP contribution in [0.25, 0.3) is 22.1 Å². The van der Waals surface area contributed by atoms with Gasteiger partial charge in [-0.3, -0.25) is 19.9 Å². The van der Waals surface area contributed by atoms with E-state index in [1.807, 2.05) is 72.8 Å². The Balaban J connectivity index is 1.56. The molecule has 0 amide bonds. The van der Waals surface area contributed by atoms with Gasteiger partial charge in [-0.1, -0.05) is 146 Å². The molecule has 0 aliphatic rings. The summed E-state index contributed by atoms with van der Waals surface area (Å²) in [5.41, 5.74) is 11.6. The van der Waals surface area contributed by atoms with E-state index in [0.717, 1.165) is 44.8 Å². The summed E-state index contributed by atoms with van der Waals surface area (Å²) in [6, 6.07) is 62.5. The van der Waals surface area contributed by atoms with Crippen LogP contribution in [0.3, 0.4) is 0 Å². The van der Waals surface area contributed by atoms with Gasteiger partial charge in [0.15, 0.2) is 0 Å². The first-order chi connectivity index (χ1) is 24.7. The Labute approximate surface area is 293 Å². The van der Waals surface area contributed by atoms with Crippen LogP contribution in [-0.2, 0) is 25.7 Å². The average molecular weight is 647 g/mol. The van der Waals surface area contributed by atoms with E-state index < -0.39 is 0 Å². The Bertz CT molecular complexity index is 1980. The Morgan fingerprint density at radius 2 is 0.440 bits per heavy atom. The topological polar surface area (TPSA) is 51.6 Å². The molecule has 7 rings (SSSR count). The quantitative estimate of drug-likeness (QED) is 0.165. The van der Waals surface area contributed by atoms with E-state index in [2.05, 4.69) is 109 Å². The molecule has 4 heteroatoms. The standard InChI is InChI=1S/C46H38N4/c1-5-17-35(18-6-1)29-39-33-40(30-36-19-7-2-8-20-36)48-45-27-15-16-28-46(45)50-42(32-38-23-11-4-12-24-38)34-41(31-37-21-9-3-10-22-37)49-44-26-14-13-25-43(44)47-39/h1-28,33-34H,29-32H2. The Morgan fingerprint density at radius 1 is 0.240 bits per heavy atom. The summed E-state index contributed by atoms with van der Waals surface area (Å²) in [6.07, 6.45) is 2.60. The van der Waals surface area contributed by atoms with Crippen LogP contribution in [0.4, 0.5) is 0 Å². The molecule has 1 heterocycles. The zero-order valence-electron chi connectivity index (χ0n) is 27.9. The minimum absolute atomic E-state index is 0.650. The van der Waals surface area contributed by atoms with Gasteiger partial charge in [-0.05, 0) is 58.7 Å². The normalized spacial score (nSPS) is 10.7. The second kappa shape index (κ2) is 16.2. The highest BCUT2D eigenvalue weighted by molar-refractivity contribution is 5.74. The van der Waals surface area contributed by atoms with Gasteiger partial charge in [0.1, 0.15) is 0 Å². The average Bonchev–Trinajstić information content (AvgIpc) is 3.14. The molecule has 4 nitrogen and oxygen atoms in total. The summed E-state index contributed by atoms with van der Waals surface area (Å²) in [4.78, 5) is 21.3. The van der Waals surface area contributed by atoms with E-state index >= 15 is 0 Å². The Kier molecular flexibility index (Phi) is 10.5. The monoisotopic (exact) mass is 646 g/mol. The van der Waals surface area contributed by atoms with Crippen molar-refractivity contribution < 1.29 is 0 Å². The molecular formula is C46H38N4. The van der Waals surface area contributed by atoms with Gasteiger partial charge in [0.05, 0.1) is 22.1 Å². The number of rotatable bonds is 8. The zero-order chi connectivity index (χ0) is 33.8. The van der Waals surface area contributed by atoms with Crippen LogP contribution < -0.4 is 0 Å². The van der Waals surface area contributed by atoms with Crippen LogP contribution in [0.1, 0.15) is 45.0 Å². The van der Waals surface area contributed by atoms with E-state index in [0.29, 0.717) is 25.7 Å². The number of hydrogen-bond acceptors (Lipinski definition) is 4. The molecule has 0 radical (unpaired) electrons. The number of nitrogens with zero attached hydrogens (tertiary/aromatic N) is 4. The number of para-hydroxylation sites is 4. The predicted molar refractivity (Wildman–Crippen MR) is 205 cm³/mol. The number of hydrogen-bond donors (Lipinski definition) is 0. The van der Waals surface area contributed by atoms with Gasteiger partial charge in [0, 0.05) is 48.5 Å². The summed E-state index contributed by atoms with van der Waals surface area (Å²) >= 11 is 0. The van der Waals surface area contributed by atoms with Crippen molar-refractivity contribution in [2.24, 2.45) is 0 Å². The SMILES string of the molecule is c1ccc(Cc2cc(Cc3ccccc3)nc3ccccc3nc(Cc3ccccc3)cc(Cc3ccccc3)nc3ccccc3n2)cc1. The van der Waals surface area contributed by atoms with E-state index in [-0.39, 0.29) is 0 Å². The van der Waals surface area contributed by atoms with Crippen LogP contribution in [0.5, 0.6) is 0 Å². The lowest BCUT2D eigenvalue weighted by Gasteiger charge is -2.06. The summed E-state index contributed by atoms with van der Waals surface area (Å²) in [5, 5.41) is 0. The highest BCUT2D eigenvalue weighted by atomic mass is 14.8. The third-order valence-electron chi connectivity index (χ3n) is 8.40. The lowest BCUT2D eigenvalue weighted by atomic mass is 10.1. The first-order valence-corrected chi connectivity index (χ1v) is 17.1. The minimum atomic E-state index is 0.650. The number of fused-ring (bicyclic) bond motifs is 2. The van der Waals surface area contributed by atoms with E-state index in [1.165, 1.54) is 22.3 Å². The molecule has 6 aromatic carbocycles. The summed E-state index contributed by atoms with van der Waals surface area (Å²) < 4.78 is 0. The molecule has 0 saturated carbocycles. The number of benzene rings is 6. The first kappa shape index (κ1) is 32.3. The molecule has 50 heavy (non-hydrogen) atoms. The van der Waals surface area contributed by atoms with Gasteiger partial charge in [0.25, 0.3) is 0 Å². The van der Waals surface area contributed by atoms with Crippen molar-refractivity contribution >= 4 is 22.1 Å². The van der Waals surface area contributed by atoms with Crippen molar-refractivity contribution in [3.63, 3.8) is 0 Å². The van der Waals surface area contributed by atoms with Crippen LogP contribution in [0.2, 0.25) is 0 Å². The zero-order valence-corrected chi connectivity index (χ0v) is 27.9. The number of aromatic nitrogens is 4. The van der Waals surface area contributed by atoms with Crippen LogP contribution in [0, 0.1) is 0 Å². The highest BCUT2D eigenvalue weighted by Gasteiger charge is 2.06. The summed E-state index contributed by atoms with van der Waals surface area (Å²) in [5.74, 6) is 0. The molecule has 0 unspecified atom stereocenters. The summed E-state index contributed by atoms with van der Waals surface area (Å²) in [6.45, 7) is 0. The van der Waals surface area contributed by atoms with E-state index in [4.69, 9.17) is 19.9 Å². The molecule has 0 aliphatic carbocycles. The van der Waals surface area contributed by atoms with Gasteiger partial charge < -0.3 is 0 Å². The maximum Gasteiger partial charge on any atom is 0.0889 e. The molecule has 242 valence electrons. The lowest BCUT2D eigenvalue weighted by molar-refractivity contribution is 1.04. The molecule has 7 aromatic rings. The van der Waals surface area contributed by atoms with Crippen LogP contribution >= 0.6 is 0 Å². The van der Waals surface area contributed by atoms with Crippen molar-refractivity contribution in [2.75, 3.05) is 0 Å². The van der Waals surface area contributed by atoms with Crippen molar-refractivity contribution in [3.05, 3.63) is 227 Å². The third kappa shape index (κ3) is 9.00. The molecule has 0 bridgehead atoms. The first-order valence-electron chi connectivity index (χ1n) is 17.1. The predicted octanol–water partition coefficient (Wildman–Crippen LogP) is 10.2. The lowest BCUT2D eigenvalue weighted by Crippen LogP contribution is -1.98. The van der Waals surface area contributed by atoms with Crippen molar-refractivity contribution in [1.29, 1.82) is 0 Å². The molecule has 0 N–H and O–H groups in total.